The number of hydrogen-bond donors (Lipinski definition) is 1. The number of methoxy groups -OCH3 is 1. The van der Waals surface area contributed by atoms with Crippen LogP contribution in [0.1, 0.15) is 28.4 Å². The summed E-state index contributed by atoms with van der Waals surface area (Å²) in [4.78, 5) is 24.7. The van der Waals surface area contributed by atoms with Crippen LogP contribution in [0.2, 0.25) is 0 Å². The van der Waals surface area contributed by atoms with Gasteiger partial charge in [-0.25, -0.2) is 0 Å². The summed E-state index contributed by atoms with van der Waals surface area (Å²) in [6, 6.07) is 18.2. The summed E-state index contributed by atoms with van der Waals surface area (Å²) in [6.45, 7) is 2.52. The van der Waals surface area contributed by atoms with E-state index in [-0.39, 0.29) is 11.5 Å². The van der Waals surface area contributed by atoms with Crippen molar-refractivity contribution < 1.29 is 9.53 Å². The van der Waals surface area contributed by atoms with Crippen molar-refractivity contribution in [3.63, 3.8) is 0 Å². The lowest BCUT2D eigenvalue weighted by atomic mass is 10.1. The van der Waals surface area contributed by atoms with Gasteiger partial charge in [-0.3, -0.25) is 9.59 Å². The number of anilines is 1. The highest BCUT2D eigenvalue weighted by molar-refractivity contribution is 6.04. The number of carbonyl (C=O) groups is 1. The molecule has 1 heterocycles. The molecule has 0 aliphatic rings. The van der Waals surface area contributed by atoms with Gasteiger partial charge in [0.05, 0.1) is 19.2 Å². The molecule has 5 nitrogen and oxygen atoms in total. The van der Waals surface area contributed by atoms with Crippen molar-refractivity contribution in [2.24, 2.45) is 0 Å². The summed E-state index contributed by atoms with van der Waals surface area (Å²) in [7, 11) is 1.57. The van der Waals surface area contributed by atoms with Crippen molar-refractivity contribution in [3.05, 3.63) is 93.9 Å². The van der Waals surface area contributed by atoms with Crippen molar-refractivity contribution in [1.29, 1.82) is 0 Å². The summed E-state index contributed by atoms with van der Waals surface area (Å²) < 4.78 is 6.71. The normalized spacial score (nSPS) is 10.4. The van der Waals surface area contributed by atoms with Crippen LogP contribution in [-0.2, 0) is 13.0 Å². The third-order valence-electron chi connectivity index (χ3n) is 4.36. The Hall–Kier alpha value is -3.34. The molecule has 0 spiro atoms. The van der Waals surface area contributed by atoms with Crippen molar-refractivity contribution in [2.45, 2.75) is 19.9 Å². The highest BCUT2D eigenvalue weighted by Gasteiger charge is 2.09. The van der Waals surface area contributed by atoms with Gasteiger partial charge in [0.1, 0.15) is 5.75 Å². The van der Waals surface area contributed by atoms with Crippen molar-refractivity contribution in [2.75, 3.05) is 12.4 Å². The van der Waals surface area contributed by atoms with Crippen LogP contribution < -0.4 is 15.6 Å². The minimum Gasteiger partial charge on any atom is -0.497 e. The van der Waals surface area contributed by atoms with E-state index in [1.165, 1.54) is 17.7 Å². The second-order valence-electron chi connectivity index (χ2n) is 6.24. The Morgan fingerprint density at radius 3 is 2.48 bits per heavy atom. The van der Waals surface area contributed by atoms with Gasteiger partial charge in [-0.15, -0.1) is 0 Å². The van der Waals surface area contributed by atoms with Gasteiger partial charge in [0.2, 0.25) is 0 Å². The van der Waals surface area contributed by atoms with Gasteiger partial charge < -0.3 is 14.6 Å². The maximum absolute atomic E-state index is 12.5. The predicted octanol–water partition coefficient (Wildman–Crippen LogP) is 3.72. The Morgan fingerprint density at radius 1 is 1.04 bits per heavy atom. The zero-order chi connectivity index (χ0) is 19.2. The first kappa shape index (κ1) is 18.5. The van der Waals surface area contributed by atoms with Crippen LogP contribution in [0.3, 0.4) is 0 Å². The minimum atomic E-state index is -0.279. The van der Waals surface area contributed by atoms with Crippen molar-refractivity contribution >= 4 is 11.6 Å². The summed E-state index contributed by atoms with van der Waals surface area (Å²) in [5.74, 6) is 0.381. The quantitative estimate of drug-likeness (QED) is 0.727. The van der Waals surface area contributed by atoms with E-state index in [1.807, 2.05) is 12.1 Å². The van der Waals surface area contributed by atoms with E-state index in [0.717, 1.165) is 12.0 Å². The molecule has 3 aromatic rings. The molecule has 1 N–H and O–H groups in total. The molecule has 138 valence electrons. The Kier molecular flexibility index (Phi) is 5.71. The van der Waals surface area contributed by atoms with Crippen LogP contribution in [0, 0.1) is 0 Å². The van der Waals surface area contributed by atoms with E-state index in [0.29, 0.717) is 23.5 Å². The van der Waals surface area contributed by atoms with Crippen LogP contribution in [0.25, 0.3) is 0 Å². The molecule has 0 radical (unpaired) electrons. The van der Waals surface area contributed by atoms with Crippen LogP contribution >= 0.6 is 0 Å². The van der Waals surface area contributed by atoms with Gasteiger partial charge in [-0.05, 0) is 35.7 Å². The molecule has 5 heteroatoms. The monoisotopic (exact) mass is 362 g/mol. The number of benzene rings is 2. The molecule has 0 bridgehead atoms. The molecule has 0 unspecified atom stereocenters. The largest absolute Gasteiger partial charge is 0.497 e. The fourth-order valence-electron chi connectivity index (χ4n) is 2.77. The first-order chi connectivity index (χ1) is 13.1. The third kappa shape index (κ3) is 4.64. The SMILES string of the molecule is CCc1ccc(Cn2cc(C(=O)Nc3cccc(OC)c3)ccc2=O)cc1. The third-order valence-corrected chi connectivity index (χ3v) is 4.36. The molecule has 1 amide bonds. The molecular formula is C22H22N2O3. The first-order valence-electron chi connectivity index (χ1n) is 8.82. The van der Waals surface area contributed by atoms with Crippen LogP contribution in [0.15, 0.2) is 71.7 Å². The molecule has 0 aliphatic carbocycles. The molecule has 1 aromatic heterocycles. The standard InChI is InChI=1S/C22H22N2O3/c1-3-16-7-9-17(10-8-16)14-24-15-18(11-12-21(24)25)22(26)23-19-5-4-6-20(13-19)27-2/h4-13,15H,3,14H2,1-2H3,(H,23,26). The number of hydrogen-bond acceptors (Lipinski definition) is 3. The average Bonchev–Trinajstić information content (AvgIpc) is 2.70. The van der Waals surface area contributed by atoms with E-state index in [2.05, 4.69) is 24.4 Å². The number of aryl methyl sites for hydroxylation is 1. The number of nitrogens with zero attached hydrogens (tertiary/aromatic N) is 1. The average molecular weight is 362 g/mol. The summed E-state index contributed by atoms with van der Waals surface area (Å²) in [6.07, 6.45) is 2.56. The maximum atomic E-state index is 12.5. The topological polar surface area (TPSA) is 60.3 Å². The smallest absolute Gasteiger partial charge is 0.257 e. The fraction of sp³-hybridized carbons (Fsp3) is 0.182. The number of rotatable bonds is 6. The molecule has 0 saturated carbocycles. The molecule has 2 aromatic carbocycles. The minimum absolute atomic E-state index is 0.146. The summed E-state index contributed by atoms with van der Waals surface area (Å²) in [5, 5.41) is 2.82. The second-order valence-corrected chi connectivity index (χ2v) is 6.24. The van der Waals surface area contributed by atoms with Gasteiger partial charge in [0, 0.05) is 24.0 Å². The highest BCUT2D eigenvalue weighted by atomic mass is 16.5. The van der Waals surface area contributed by atoms with E-state index in [1.54, 1.807) is 42.1 Å². The molecular weight excluding hydrogens is 340 g/mol. The Morgan fingerprint density at radius 2 is 1.78 bits per heavy atom. The van der Waals surface area contributed by atoms with Crippen molar-refractivity contribution in [1.82, 2.24) is 4.57 Å². The number of ether oxygens (including phenoxy) is 1. The van der Waals surface area contributed by atoms with E-state index >= 15 is 0 Å². The highest BCUT2D eigenvalue weighted by Crippen LogP contribution is 2.17. The Bertz CT molecular complexity index is 991. The van der Waals surface area contributed by atoms with Crippen LogP contribution in [-0.4, -0.2) is 17.6 Å². The summed E-state index contributed by atoms with van der Waals surface area (Å²) in [5.41, 5.74) is 3.17. The van der Waals surface area contributed by atoms with Crippen LogP contribution in [0.5, 0.6) is 5.75 Å². The van der Waals surface area contributed by atoms with Crippen molar-refractivity contribution in [3.8, 4) is 5.75 Å². The van der Waals surface area contributed by atoms with E-state index < -0.39 is 0 Å². The van der Waals surface area contributed by atoms with Gasteiger partial charge >= 0.3 is 0 Å². The number of amides is 1. The van der Waals surface area contributed by atoms with Gasteiger partial charge in [-0.2, -0.15) is 0 Å². The van der Waals surface area contributed by atoms with Gasteiger partial charge in [0.25, 0.3) is 11.5 Å². The molecule has 27 heavy (non-hydrogen) atoms. The number of nitrogens with one attached hydrogen (secondary N) is 1. The number of pyridine rings is 1. The van der Waals surface area contributed by atoms with E-state index in [4.69, 9.17) is 4.74 Å². The fourth-order valence-corrected chi connectivity index (χ4v) is 2.77. The molecule has 0 aliphatic heterocycles. The molecule has 0 saturated heterocycles. The van der Waals surface area contributed by atoms with Gasteiger partial charge in [-0.1, -0.05) is 37.3 Å². The lowest BCUT2D eigenvalue weighted by molar-refractivity contribution is 0.102. The Balaban J connectivity index is 1.79. The van der Waals surface area contributed by atoms with Crippen LogP contribution in [0.4, 0.5) is 5.69 Å². The van der Waals surface area contributed by atoms with E-state index in [9.17, 15) is 9.59 Å². The second kappa shape index (κ2) is 8.36. The zero-order valence-electron chi connectivity index (χ0n) is 15.4. The lowest BCUT2D eigenvalue weighted by Gasteiger charge is -2.10. The zero-order valence-corrected chi connectivity index (χ0v) is 15.4. The first-order valence-corrected chi connectivity index (χ1v) is 8.82. The lowest BCUT2D eigenvalue weighted by Crippen LogP contribution is -2.22. The number of aromatic nitrogens is 1. The Labute approximate surface area is 158 Å². The number of carbonyl (C=O) groups excluding carboxylic acids is 1. The molecule has 0 atom stereocenters. The molecule has 0 fully saturated rings. The maximum Gasteiger partial charge on any atom is 0.257 e. The summed E-state index contributed by atoms with van der Waals surface area (Å²) >= 11 is 0. The van der Waals surface area contributed by atoms with Gasteiger partial charge in [0.15, 0.2) is 0 Å². The predicted molar refractivity (Wildman–Crippen MR) is 107 cm³/mol. The molecule has 3 rings (SSSR count).